The molecule has 0 bridgehead atoms. The average Bonchev–Trinajstić information content (AvgIpc) is 3.22. The smallest absolute Gasteiger partial charge is 0.230 e. The highest BCUT2D eigenvalue weighted by molar-refractivity contribution is 7.99. The number of aliphatic hydroxyl groups is 1. The van der Waals surface area contributed by atoms with Crippen molar-refractivity contribution in [1.82, 2.24) is 14.9 Å². The Labute approximate surface area is 145 Å². The lowest BCUT2D eigenvalue weighted by atomic mass is 10.1. The average molecular weight is 343 g/mol. The van der Waals surface area contributed by atoms with Crippen molar-refractivity contribution >= 4 is 17.7 Å². The van der Waals surface area contributed by atoms with Gasteiger partial charge in [0, 0.05) is 31.0 Å². The van der Waals surface area contributed by atoms with Crippen molar-refractivity contribution in [3.8, 4) is 5.69 Å². The topological polar surface area (TPSA) is 67.2 Å². The number of imidazole rings is 1. The predicted octanol–water partition coefficient (Wildman–Crippen LogP) is 2.33. The van der Waals surface area contributed by atoms with Crippen LogP contribution in [-0.2, 0) is 4.79 Å². The molecule has 0 fully saturated rings. The molecule has 1 aliphatic carbocycles. The minimum Gasteiger partial charge on any atom is -0.396 e. The van der Waals surface area contributed by atoms with E-state index in [0.29, 0.717) is 5.75 Å². The molecule has 24 heavy (non-hydrogen) atoms. The fourth-order valence-corrected chi connectivity index (χ4v) is 3.59. The van der Waals surface area contributed by atoms with E-state index in [0.717, 1.165) is 22.8 Å². The standard InChI is InChI=1S/C18H21N3O2S/c1-13-4-2-3-5-16(13)21-9-8-19-18(21)24-12-17(23)20-15-7-6-14(10-15)11-22/h2-9,14-15,22H,10-12H2,1H3,(H,20,23)/t14-,15+/m0/s1. The van der Waals surface area contributed by atoms with E-state index >= 15 is 0 Å². The number of aryl methyl sites for hydroxylation is 1. The summed E-state index contributed by atoms with van der Waals surface area (Å²) in [7, 11) is 0. The number of rotatable bonds is 6. The maximum Gasteiger partial charge on any atom is 0.230 e. The number of hydrogen-bond acceptors (Lipinski definition) is 4. The molecule has 0 saturated heterocycles. The summed E-state index contributed by atoms with van der Waals surface area (Å²) < 4.78 is 2.00. The Bertz CT molecular complexity index is 741. The van der Waals surface area contributed by atoms with Crippen molar-refractivity contribution in [2.75, 3.05) is 12.4 Å². The van der Waals surface area contributed by atoms with E-state index in [2.05, 4.69) is 23.3 Å². The molecule has 0 aliphatic heterocycles. The van der Waals surface area contributed by atoms with Gasteiger partial charge in [-0.3, -0.25) is 9.36 Å². The van der Waals surface area contributed by atoms with E-state index in [1.54, 1.807) is 6.20 Å². The first-order chi connectivity index (χ1) is 11.7. The summed E-state index contributed by atoms with van der Waals surface area (Å²) in [5, 5.41) is 12.9. The number of hydrogen-bond donors (Lipinski definition) is 2. The largest absolute Gasteiger partial charge is 0.396 e. The molecule has 6 heteroatoms. The molecular weight excluding hydrogens is 322 g/mol. The van der Waals surface area contributed by atoms with Crippen LogP contribution in [0.15, 0.2) is 54.0 Å². The molecule has 1 heterocycles. The monoisotopic (exact) mass is 343 g/mol. The van der Waals surface area contributed by atoms with Gasteiger partial charge in [0.05, 0.1) is 11.4 Å². The van der Waals surface area contributed by atoms with E-state index in [1.807, 2.05) is 41.1 Å². The van der Waals surface area contributed by atoms with E-state index in [4.69, 9.17) is 5.11 Å². The lowest BCUT2D eigenvalue weighted by molar-refractivity contribution is -0.119. The highest BCUT2D eigenvalue weighted by Gasteiger charge is 2.20. The zero-order chi connectivity index (χ0) is 16.9. The minimum absolute atomic E-state index is 0.0198. The second-order valence-electron chi connectivity index (χ2n) is 5.89. The van der Waals surface area contributed by atoms with Crippen LogP contribution in [0.4, 0.5) is 0 Å². The van der Waals surface area contributed by atoms with Gasteiger partial charge in [0.25, 0.3) is 0 Å². The van der Waals surface area contributed by atoms with Crippen molar-refractivity contribution in [3.05, 3.63) is 54.4 Å². The SMILES string of the molecule is Cc1ccccc1-n1ccnc1SCC(=O)N[C@@H]1C=C[C@H](CO)C1. The molecule has 0 unspecified atom stereocenters. The summed E-state index contributed by atoms with van der Waals surface area (Å²) in [6.45, 7) is 2.19. The van der Waals surface area contributed by atoms with Crippen molar-refractivity contribution in [3.63, 3.8) is 0 Å². The number of nitrogens with zero attached hydrogens (tertiary/aromatic N) is 2. The van der Waals surface area contributed by atoms with Crippen LogP contribution in [0.3, 0.4) is 0 Å². The first-order valence-corrected chi connectivity index (χ1v) is 8.96. The number of nitrogens with one attached hydrogen (secondary N) is 1. The van der Waals surface area contributed by atoms with Gasteiger partial charge in [-0.2, -0.15) is 0 Å². The molecule has 5 nitrogen and oxygen atoms in total. The fraction of sp³-hybridized carbons (Fsp3) is 0.333. The Morgan fingerprint density at radius 3 is 3.00 bits per heavy atom. The van der Waals surface area contributed by atoms with Gasteiger partial charge in [0.2, 0.25) is 5.91 Å². The summed E-state index contributed by atoms with van der Waals surface area (Å²) in [5.41, 5.74) is 2.23. The number of carbonyl (C=O) groups is 1. The second-order valence-corrected chi connectivity index (χ2v) is 6.83. The maximum atomic E-state index is 12.1. The molecule has 126 valence electrons. The van der Waals surface area contributed by atoms with Crippen molar-refractivity contribution in [2.24, 2.45) is 5.92 Å². The summed E-state index contributed by atoms with van der Waals surface area (Å²) in [6, 6.07) is 8.12. The zero-order valence-corrected chi connectivity index (χ0v) is 14.4. The quantitative estimate of drug-likeness (QED) is 0.624. The third-order valence-electron chi connectivity index (χ3n) is 4.07. The number of para-hydroxylation sites is 1. The maximum absolute atomic E-state index is 12.1. The molecule has 2 aromatic rings. The number of benzene rings is 1. The number of aliphatic hydroxyl groups excluding tert-OH is 1. The first kappa shape index (κ1) is 16.8. The van der Waals surface area contributed by atoms with Crippen LogP contribution in [0.5, 0.6) is 0 Å². The van der Waals surface area contributed by atoms with Gasteiger partial charge in [0.1, 0.15) is 0 Å². The molecule has 0 spiro atoms. The lowest BCUT2D eigenvalue weighted by Gasteiger charge is -2.13. The molecule has 1 amide bonds. The Kier molecular flexibility index (Phi) is 5.37. The van der Waals surface area contributed by atoms with Crippen LogP contribution < -0.4 is 5.32 Å². The first-order valence-electron chi connectivity index (χ1n) is 7.98. The summed E-state index contributed by atoms with van der Waals surface area (Å²) >= 11 is 1.42. The summed E-state index contributed by atoms with van der Waals surface area (Å²) in [6.07, 6.45) is 8.35. The Balaban J connectivity index is 1.58. The van der Waals surface area contributed by atoms with E-state index in [-0.39, 0.29) is 24.5 Å². The molecular formula is C18H21N3O2S. The molecule has 1 aromatic heterocycles. The van der Waals surface area contributed by atoms with E-state index in [1.165, 1.54) is 11.8 Å². The van der Waals surface area contributed by atoms with Gasteiger partial charge in [-0.15, -0.1) is 0 Å². The zero-order valence-electron chi connectivity index (χ0n) is 13.6. The molecule has 3 rings (SSSR count). The fourth-order valence-electron chi connectivity index (χ4n) is 2.81. The van der Waals surface area contributed by atoms with Gasteiger partial charge < -0.3 is 10.4 Å². The second kappa shape index (κ2) is 7.68. The van der Waals surface area contributed by atoms with Crippen molar-refractivity contribution in [1.29, 1.82) is 0 Å². The van der Waals surface area contributed by atoms with Crippen molar-refractivity contribution in [2.45, 2.75) is 24.5 Å². The Hall–Kier alpha value is -2.05. The number of carbonyl (C=O) groups excluding carboxylic acids is 1. The molecule has 2 atom stereocenters. The predicted molar refractivity (Wildman–Crippen MR) is 95.3 cm³/mol. The minimum atomic E-state index is -0.0208. The van der Waals surface area contributed by atoms with Gasteiger partial charge in [0.15, 0.2) is 5.16 Å². The Morgan fingerprint density at radius 1 is 1.42 bits per heavy atom. The van der Waals surface area contributed by atoms with Crippen LogP contribution in [0.25, 0.3) is 5.69 Å². The number of thioether (sulfide) groups is 1. The highest BCUT2D eigenvalue weighted by Crippen LogP contribution is 2.23. The summed E-state index contributed by atoms with van der Waals surface area (Å²) in [5.74, 6) is 0.451. The normalized spacial score (nSPS) is 19.6. The van der Waals surface area contributed by atoms with E-state index in [9.17, 15) is 4.79 Å². The number of aromatic nitrogens is 2. The molecule has 2 N–H and O–H groups in total. The van der Waals surface area contributed by atoms with Crippen molar-refractivity contribution < 1.29 is 9.90 Å². The van der Waals surface area contributed by atoms with Crippen LogP contribution in [0.1, 0.15) is 12.0 Å². The third kappa shape index (κ3) is 3.88. The van der Waals surface area contributed by atoms with Crippen LogP contribution in [-0.4, -0.2) is 39.0 Å². The highest BCUT2D eigenvalue weighted by atomic mass is 32.2. The molecule has 1 aliphatic rings. The third-order valence-corrected chi connectivity index (χ3v) is 5.03. The molecule has 1 aromatic carbocycles. The number of amides is 1. The van der Waals surface area contributed by atoms with Gasteiger partial charge >= 0.3 is 0 Å². The summed E-state index contributed by atoms with van der Waals surface area (Å²) in [4.78, 5) is 16.5. The van der Waals surface area contributed by atoms with Gasteiger partial charge in [-0.25, -0.2) is 4.98 Å². The van der Waals surface area contributed by atoms with Gasteiger partial charge in [-0.05, 0) is 25.0 Å². The lowest BCUT2D eigenvalue weighted by Crippen LogP contribution is -2.34. The van der Waals surface area contributed by atoms with Crippen LogP contribution in [0.2, 0.25) is 0 Å². The van der Waals surface area contributed by atoms with E-state index < -0.39 is 0 Å². The van der Waals surface area contributed by atoms with Crippen LogP contribution >= 0.6 is 11.8 Å². The van der Waals surface area contributed by atoms with Crippen LogP contribution in [0, 0.1) is 12.8 Å². The Morgan fingerprint density at radius 2 is 2.25 bits per heavy atom. The van der Waals surface area contributed by atoms with Gasteiger partial charge in [-0.1, -0.05) is 42.1 Å². The molecule has 0 saturated carbocycles. The molecule has 0 radical (unpaired) electrons.